The molecular weight excluding hydrogens is 472 g/mol. The van der Waals surface area contributed by atoms with Crippen molar-refractivity contribution in [2.24, 2.45) is 5.92 Å². The number of likely N-dealkylation sites (N-methyl/N-ethyl adjacent to an activating group) is 1. The van der Waals surface area contributed by atoms with Gasteiger partial charge in [0.25, 0.3) is 5.56 Å². The van der Waals surface area contributed by atoms with Crippen molar-refractivity contribution in [1.29, 1.82) is 5.26 Å². The van der Waals surface area contributed by atoms with Crippen LogP contribution in [0.2, 0.25) is 0 Å². The molecule has 1 aliphatic carbocycles. The van der Waals surface area contributed by atoms with Gasteiger partial charge in [-0.3, -0.25) is 9.36 Å². The summed E-state index contributed by atoms with van der Waals surface area (Å²) in [6.45, 7) is 16.5. The van der Waals surface area contributed by atoms with Crippen LogP contribution in [0.25, 0.3) is 0 Å². The summed E-state index contributed by atoms with van der Waals surface area (Å²) in [5.74, 6) is 0.601. The summed E-state index contributed by atoms with van der Waals surface area (Å²) in [7, 11) is 2.11. The molecule has 0 spiro atoms. The lowest BCUT2D eigenvalue weighted by molar-refractivity contribution is 0.0503. The molecule has 2 aliphatic rings. The van der Waals surface area contributed by atoms with Crippen LogP contribution >= 0.6 is 0 Å². The molecule has 2 heterocycles. The Hall–Kier alpha value is -3.27. The minimum Gasteiger partial charge on any atom is -0.379 e. The van der Waals surface area contributed by atoms with Gasteiger partial charge >= 0.3 is 0 Å². The zero-order valence-corrected chi connectivity index (χ0v) is 23.9. The Morgan fingerprint density at radius 3 is 2.55 bits per heavy atom. The van der Waals surface area contributed by atoms with E-state index in [-0.39, 0.29) is 11.5 Å². The van der Waals surface area contributed by atoms with Crippen molar-refractivity contribution in [3.8, 4) is 6.07 Å². The second-order valence-corrected chi connectivity index (χ2v) is 9.61. The predicted octanol–water partition coefficient (Wildman–Crippen LogP) is 5.66. The molecule has 0 aromatic carbocycles. The van der Waals surface area contributed by atoms with Gasteiger partial charge in [-0.1, -0.05) is 69.0 Å². The van der Waals surface area contributed by atoms with Crippen LogP contribution in [0.15, 0.2) is 76.7 Å². The lowest BCUT2D eigenvalue weighted by Gasteiger charge is -2.21. The maximum atomic E-state index is 13.0. The van der Waals surface area contributed by atoms with Gasteiger partial charge in [0.05, 0.1) is 37.4 Å². The van der Waals surface area contributed by atoms with E-state index in [0.29, 0.717) is 13.0 Å². The Labute approximate surface area is 229 Å². The molecule has 0 saturated carbocycles. The van der Waals surface area contributed by atoms with Crippen molar-refractivity contribution in [2.75, 3.05) is 33.4 Å². The Bertz CT molecular complexity index is 1190. The highest BCUT2D eigenvalue weighted by Gasteiger charge is 2.14. The van der Waals surface area contributed by atoms with Crippen LogP contribution in [0, 0.1) is 24.2 Å². The molecule has 0 bridgehead atoms. The summed E-state index contributed by atoms with van der Waals surface area (Å²) in [6.07, 6.45) is 18.9. The van der Waals surface area contributed by atoms with E-state index in [4.69, 9.17) is 9.72 Å². The van der Waals surface area contributed by atoms with Crippen molar-refractivity contribution < 1.29 is 4.74 Å². The Balaban J connectivity index is 0.000000624. The molecule has 1 aromatic heterocycles. The van der Waals surface area contributed by atoms with Gasteiger partial charge in [0.1, 0.15) is 5.82 Å². The summed E-state index contributed by atoms with van der Waals surface area (Å²) in [6, 6.07) is 2.34. The highest BCUT2D eigenvalue weighted by Crippen LogP contribution is 2.23. The minimum atomic E-state index is -0.240. The number of aromatic nitrogens is 2. The van der Waals surface area contributed by atoms with Gasteiger partial charge in [0, 0.05) is 25.1 Å². The molecule has 3 rings (SSSR count). The summed E-state index contributed by atoms with van der Waals surface area (Å²) in [5, 5.41) is 9.45. The third kappa shape index (κ3) is 9.24. The van der Waals surface area contributed by atoms with E-state index < -0.39 is 0 Å². The second-order valence-electron chi connectivity index (χ2n) is 9.61. The van der Waals surface area contributed by atoms with Crippen LogP contribution < -0.4 is 5.56 Å². The van der Waals surface area contributed by atoms with Crippen molar-refractivity contribution >= 4 is 0 Å². The maximum Gasteiger partial charge on any atom is 0.256 e. The lowest BCUT2D eigenvalue weighted by Crippen LogP contribution is -2.32. The summed E-state index contributed by atoms with van der Waals surface area (Å²) in [5.41, 5.74) is 4.73. The molecule has 1 unspecified atom stereocenters. The summed E-state index contributed by atoms with van der Waals surface area (Å²) in [4.78, 5) is 20.0. The van der Waals surface area contributed by atoms with E-state index in [1.807, 2.05) is 57.2 Å². The SMILES string of the molecule is C=C/C(=C\C/C=C(\C)C1=CC=CC=CC1C#N)Cn1c(CCC)nc(CC)c(C)c1=O.CN1CCOCC1. The number of hydrogen-bond acceptors (Lipinski definition) is 5. The Kier molecular flexibility index (Phi) is 13.5. The number of morpholine rings is 1. The molecule has 0 N–H and O–H groups in total. The average Bonchev–Trinajstić information content (AvgIpc) is 3.18. The number of allylic oxidation sites excluding steroid dienone is 11. The van der Waals surface area contributed by atoms with Crippen molar-refractivity contribution in [3.05, 3.63) is 99.3 Å². The molecule has 1 aliphatic heterocycles. The Morgan fingerprint density at radius 1 is 1.24 bits per heavy atom. The molecular formula is C32H44N4O2. The molecule has 1 saturated heterocycles. The first-order valence-electron chi connectivity index (χ1n) is 13.6. The molecule has 204 valence electrons. The number of rotatable bonds is 9. The quantitative estimate of drug-likeness (QED) is 0.396. The second kappa shape index (κ2) is 16.5. The van der Waals surface area contributed by atoms with Gasteiger partial charge in [-0.15, -0.1) is 0 Å². The number of nitriles is 1. The molecule has 0 amide bonds. The minimum absolute atomic E-state index is 0.0359. The van der Waals surface area contributed by atoms with Gasteiger partial charge in [0.15, 0.2) is 0 Å². The van der Waals surface area contributed by atoms with E-state index >= 15 is 0 Å². The van der Waals surface area contributed by atoms with Crippen LogP contribution in [-0.2, 0) is 24.1 Å². The molecule has 1 atom stereocenters. The fourth-order valence-electron chi connectivity index (χ4n) is 4.31. The summed E-state index contributed by atoms with van der Waals surface area (Å²) >= 11 is 0. The Morgan fingerprint density at radius 2 is 1.97 bits per heavy atom. The van der Waals surface area contributed by atoms with Crippen LogP contribution in [0.4, 0.5) is 0 Å². The van der Waals surface area contributed by atoms with E-state index in [9.17, 15) is 10.1 Å². The smallest absolute Gasteiger partial charge is 0.256 e. The van der Waals surface area contributed by atoms with Crippen molar-refractivity contribution in [1.82, 2.24) is 14.5 Å². The average molecular weight is 517 g/mol. The first-order chi connectivity index (χ1) is 18.4. The van der Waals surface area contributed by atoms with E-state index in [0.717, 1.165) is 79.4 Å². The molecule has 1 fully saturated rings. The van der Waals surface area contributed by atoms with Gasteiger partial charge in [-0.25, -0.2) is 4.98 Å². The normalized spacial score (nSPS) is 18.2. The van der Waals surface area contributed by atoms with E-state index in [1.54, 1.807) is 4.57 Å². The number of aryl methyl sites for hydroxylation is 2. The number of nitrogens with zero attached hydrogens (tertiary/aromatic N) is 4. The monoisotopic (exact) mass is 516 g/mol. The molecule has 38 heavy (non-hydrogen) atoms. The van der Waals surface area contributed by atoms with Crippen LogP contribution in [0.3, 0.4) is 0 Å². The van der Waals surface area contributed by atoms with Crippen LogP contribution in [0.5, 0.6) is 0 Å². The number of ether oxygens (including phenoxy) is 1. The van der Waals surface area contributed by atoms with E-state index in [1.165, 1.54) is 0 Å². The molecule has 6 nitrogen and oxygen atoms in total. The third-order valence-electron chi connectivity index (χ3n) is 6.76. The lowest BCUT2D eigenvalue weighted by atomic mass is 9.93. The molecule has 1 aromatic rings. The fraction of sp³-hybridized carbons (Fsp3) is 0.469. The zero-order chi connectivity index (χ0) is 27.9. The predicted molar refractivity (Wildman–Crippen MR) is 157 cm³/mol. The van der Waals surface area contributed by atoms with E-state index in [2.05, 4.69) is 43.7 Å². The third-order valence-corrected chi connectivity index (χ3v) is 6.76. The number of hydrogen-bond donors (Lipinski definition) is 0. The largest absolute Gasteiger partial charge is 0.379 e. The van der Waals surface area contributed by atoms with Gasteiger partial charge < -0.3 is 9.64 Å². The molecule has 6 heteroatoms. The van der Waals surface area contributed by atoms with Crippen LogP contribution in [0.1, 0.15) is 50.7 Å². The standard InChI is InChI=1S/C27H33N3O.C5H11NO/c1-6-13-26-29-25(8-3)21(5)27(31)30(26)19-22(7-2)15-12-14-20(4)24-17-11-9-10-16-23(24)18-28;1-6-2-4-7-5-3-6/h7,9-11,14-17,23H,2,6,8,12-13,19H2,1,3-5H3;2-5H2,1H3/b20-14+,22-15+;. The highest BCUT2D eigenvalue weighted by atomic mass is 16.5. The first-order valence-corrected chi connectivity index (χ1v) is 13.6. The maximum absolute atomic E-state index is 13.0. The van der Waals surface area contributed by atoms with Gasteiger partial charge in [0.2, 0.25) is 0 Å². The van der Waals surface area contributed by atoms with Gasteiger partial charge in [-0.2, -0.15) is 5.26 Å². The highest BCUT2D eigenvalue weighted by molar-refractivity contribution is 5.43. The fourth-order valence-corrected chi connectivity index (χ4v) is 4.31. The zero-order valence-electron chi connectivity index (χ0n) is 23.9. The first kappa shape index (κ1) is 31.0. The van der Waals surface area contributed by atoms with Crippen LogP contribution in [-0.4, -0.2) is 47.8 Å². The van der Waals surface area contributed by atoms with Crippen molar-refractivity contribution in [2.45, 2.75) is 59.9 Å². The topological polar surface area (TPSA) is 71.2 Å². The summed E-state index contributed by atoms with van der Waals surface area (Å²) < 4.78 is 6.89. The molecule has 0 radical (unpaired) electrons. The van der Waals surface area contributed by atoms with Crippen molar-refractivity contribution in [3.63, 3.8) is 0 Å². The van der Waals surface area contributed by atoms with Gasteiger partial charge in [-0.05, 0) is 56.9 Å².